The van der Waals surface area contributed by atoms with Crippen LogP contribution in [0.3, 0.4) is 0 Å². The third-order valence-electron chi connectivity index (χ3n) is 5.77. The molecule has 0 radical (unpaired) electrons. The van der Waals surface area contributed by atoms with E-state index in [1.807, 2.05) is 0 Å². The molecule has 30 heavy (non-hydrogen) atoms. The van der Waals surface area contributed by atoms with Gasteiger partial charge in [-0.05, 0) is 73.6 Å². The van der Waals surface area contributed by atoms with E-state index in [-0.39, 0.29) is 0 Å². The summed E-state index contributed by atoms with van der Waals surface area (Å²) in [7, 11) is 0. The van der Waals surface area contributed by atoms with Crippen molar-refractivity contribution in [3.63, 3.8) is 0 Å². The summed E-state index contributed by atoms with van der Waals surface area (Å²) < 4.78 is 4.16. The highest BCUT2D eigenvalue weighted by molar-refractivity contribution is 8.07. The van der Waals surface area contributed by atoms with Gasteiger partial charge >= 0.3 is 0 Å². The maximum Gasteiger partial charge on any atom is 0.137 e. The maximum absolute atomic E-state index is 4.37. The first-order valence-electron chi connectivity index (χ1n) is 10.3. The second-order valence-electron chi connectivity index (χ2n) is 7.98. The van der Waals surface area contributed by atoms with Gasteiger partial charge in [0.05, 0.1) is 13.4 Å². The summed E-state index contributed by atoms with van der Waals surface area (Å²) in [5.74, 6) is 0. The number of nitrogens with zero attached hydrogens (tertiary/aromatic N) is 2. The highest BCUT2D eigenvalue weighted by Crippen LogP contribution is 2.44. The van der Waals surface area contributed by atoms with Crippen molar-refractivity contribution in [2.75, 3.05) is 0 Å². The molecule has 2 nitrogen and oxygen atoms in total. The van der Waals surface area contributed by atoms with Crippen molar-refractivity contribution in [3.8, 4) is 0 Å². The van der Waals surface area contributed by atoms with Crippen LogP contribution in [0, 0.1) is 39.8 Å². The molecule has 0 amide bonds. The number of rotatable bonds is 6. The number of hydrogen-bond acceptors (Lipinski definition) is 1. The molecular formula is C27H32N2S. The van der Waals surface area contributed by atoms with E-state index in [2.05, 4.69) is 113 Å². The molecule has 0 bridgehead atoms. The summed E-state index contributed by atoms with van der Waals surface area (Å²) in [6.45, 7) is 21.6. The van der Waals surface area contributed by atoms with Gasteiger partial charge in [-0.3, -0.25) is 9.15 Å². The van der Waals surface area contributed by atoms with Crippen molar-refractivity contribution < 1.29 is 9.15 Å². The molecule has 0 aromatic heterocycles. The monoisotopic (exact) mass is 416 g/mol. The molecule has 1 aliphatic heterocycles. The molecule has 0 atom stereocenters. The Morgan fingerprint density at radius 1 is 0.700 bits per heavy atom. The normalized spacial score (nSPS) is 13.4. The number of thioether (sulfide) groups is 1. The quantitative estimate of drug-likeness (QED) is 0.272. The third kappa shape index (κ3) is 4.27. The second kappa shape index (κ2) is 9.01. The Morgan fingerprint density at radius 2 is 1.03 bits per heavy atom. The van der Waals surface area contributed by atoms with Crippen LogP contribution in [0.5, 0.6) is 0 Å². The van der Waals surface area contributed by atoms with Crippen molar-refractivity contribution in [1.82, 2.24) is 0 Å². The van der Waals surface area contributed by atoms with Crippen LogP contribution in [0.2, 0.25) is 0 Å². The number of allylic oxidation sites excluding steroid dienone is 2. The van der Waals surface area contributed by atoms with Gasteiger partial charge in [0.1, 0.15) is 23.5 Å². The number of benzene rings is 2. The molecule has 0 saturated carbocycles. The summed E-state index contributed by atoms with van der Waals surface area (Å²) in [6.07, 6.45) is 5.48. The second-order valence-corrected chi connectivity index (χ2v) is 9.07. The fraction of sp³-hybridized carbons (Fsp3) is 0.259. The van der Waals surface area contributed by atoms with Crippen molar-refractivity contribution in [2.24, 2.45) is 0 Å². The Morgan fingerprint density at radius 3 is 1.37 bits per heavy atom. The maximum atomic E-state index is 4.37. The summed E-state index contributed by atoms with van der Waals surface area (Å²) in [4.78, 5) is 2.50. The average Bonchev–Trinajstić information content (AvgIpc) is 2.72. The first-order chi connectivity index (χ1) is 14.2. The highest BCUT2D eigenvalue weighted by Gasteiger charge is 2.24. The first-order valence-corrected chi connectivity index (χ1v) is 11.1. The molecule has 0 N–H and O–H groups in total. The van der Waals surface area contributed by atoms with E-state index < -0.39 is 0 Å². The Labute approximate surface area is 186 Å². The molecule has 2 aromatic carbocycles. The third-order valence-corrected chi connectivity index (χ3v) is 7.13. The lowest BCUT2D eigenvalue weighted by atomic mass is 10.1. The Balaban J connectivity index is 1.80. The summed E-state index contributed by atoms with van der Waals surface area (Å²) in [5.41, 5.74) is 7.32. The van der Waals surface area contributed by atoms with Gasteiger partial charge in [-0.25, -0.2) is 0 Å². The van der Waals surface area contributed by atoms with Gasteiger partial charge in [0.25, 0.3) is 0 Å². The SMILES string of the molecule is C=[N+](c1c(C)cccc1C)[C-](C)C1=CCC=C([C-](C)[N+](=C)c2c(C)cccc2C)S1. The Hall–Kier alpha value is -2.65. The smallest absolute Gasteiger partial charge is 0.137 e. The first kappa shape index (κ1) is 22.0. The predicted molar refractivity (Wildman–Crippen MR) is 132 cm³/mol. The number of hydrogen-bond donors (Lipinski definition) is 0. The Bertz CT molecular complexity index is 935. The minimum Gasteiger partial charge on any atom is -0.290 e. The largest absolute Gasteiger partial charge is 0.290 e. The van der Waals surface area contributed by atoms with Crippen LogP contribution < -0.4 is 0 Å². The minimum atomic E-state index is 0.910. The van der Waals surface area contributed by atoms with Crippen LogP contribution in [0.4, 0.5) is 11.4 Å². The van der Waals surface area contributed by atoms with Gasteiger partial charge in [-0.15, -0.1) is 23.9 Å². The summed E-state index contributed by atoms with van der Waals surface area (Å²) >= 11 is 1.80. The minimum absolute atomic E-state index is 0.910. The van der Waals surface area contributed by atoms with Crippen LogP contribution in [-0.4, -0.2) is 22.6 Å². The average molecular weight is 417 g/mol. The Kier molecular flexibility index (Phi) is 6.62. The predicted octanol–water partition coefficient (Wildman–Crippen LogP) is 7.32. The van der Waals surface area contributed by atoms with Crippen molar-refractivity contribution >= 4 is 36.6 Å². The van der Waals surface area contributed by atoms with E-state index in [4.69, 9.17) is 0 Å². The molecule has 0 fully saturated rings. The number of aryl methyl sites for hydroxylation is 4. The number of para-hydroxylation sites is 2. The molecule has 156 valence electrons. The van der Waals surface area contributed by atoms with Gasteiger partial charge in [-0.2, -0.15) is 0 Å². The molecule has 3 heteroatoms. The van der Waals surface area contributed by atoms with Crippen molar-refractivity contribution in [1.29, 1.82) is 0 Å². The topological polar surface area (TPSA) is 6.02 Å². The van der Waals surface area contributed by atoms with Crippen LogP contribution in [0.15, 0.2) is 58.4 Å². The van der Waals surface area contributed by atoms with Crippen molar-refractivity contribution in [3.05, 3.63) is 92.7 Å². The standard InChI is InChI=1S/C27H32N2S/c1-18-12-9-13-19(2)26(18)28(7)22(5)24-16-11-17-25(30-24)23(6)29(8)27-20(3)14-10-15-21(27)4/h9-10,12-17H,7-8,11H2,1-6H3. The molecule has 1 aliphatic rings. The van der Waals surface area contributed by atoms with Gasteiger partial charge in [0.2, 0.25) is 0 Å². The van der Waals surface area contributed by atoms with Gasteiger partial charge in [0, 0.05) is 0 Å². The van der Waals surface area contributed by atoms with Crippen LogP contribution in [0.1, 0.15) is 42.5 Å². The van der Waals surface area contributed by atoms with E-state index >= 15 is 0 Å². The van der Waals surface area contributed by atoms with Crippen LogP contribution >= 0.6 is 11.8 Å². The lowest BCUT2D eigenvalue weighted by molar-refractivity contribution is -0.407. The summed E-state index contributed by atoms with van der Waals surface area (Å²) in [6, 6.07) is 15.1. The van der Waals surface area contributed by atoms with Gasteiger partial charge in [-0.1, -0.05) is 42.8 Å². The van der Waals surface area contributed by atoms with Crippen molar-refractivity contribution in [2.45, 2.75) is 48.0 Å². The van der Waals surface area contributed by atoms with Crippen LogP contribution in [-0.2, 0) is 0 Å². The van der Waals surface area contributed by atoms with Crippen LogP contribution in [0.25, 0.3) is 0 Å². The highest BCUT2D eigenvalue weighted by atomic mass is 32.2. The van der Waals surface area contributed by atoms with Gasteiger partial charge < -0.3 is 0 Å². The van der Waals surface area contributed by atoms with E-state index in [1.54, 1.807) is 11.8 Å². The molecule has 3 rings (SSSR count). The zero-order valence-corrected chi connectivity index (χ0v) is 19.9. The fourth-order valence-electron chi connectivity index (χ4n) is 3.98. The molecule has 0 saturated heterocycles. The van der Waals surface area contributed by atoms with Gasteiger partial charge in [0.15, 0.2) is 0 Å². The lowest BCUT2D eigenvalue weighted by Gasteiger charge is -2.28. The molecule has 0 unspecified atom stereocenters. The fourth-order valence-corrected chi connectivity index (χ4v) is 5.09. The molecule has 2 aromatic rings. The zero-order valence-electron chi connectivity index (χ0n) is 19.0. The molecule has 0 spiro atoms. The van der Waals surface area contributed by atoms with E-state index in [1.165, 1.54) is 55.5 Å². The van der Waals surface area contributed by atoms with E-state index in [0.29, 0.717) is 0 Å². The molecule has 1 heterocycles. The summed E-state index contributed by atoms with van der Waals surface area (Å²) in [5, 5.41) is 0. The van der Waals surface area contributed by atoms with E-state index in [0.717, 1.165) is 6.42 Å². The molecular weight excluding hydrogens is 384 g/mol. The molecule has 0 aliphatic carbocycles. The lowest BCUT2D eigenvalue weighted by Crippen LogP contribution is -2.16. The van der Waals surface area contributed by atoms with E-state index in [9.17, 15) is 0 Å². The zero-order chi connectivity index (χ0) is 22.0.